The van der Waals surface area contributed by atoms with Crippen LogP contribution in [0.4, 0.5) is 5.13 Å². The minimum absolute atomic E-state index is 0.109. The number of aromatic amines is 1. The number of thiazole rings is 1. The van der Waals surface area contributed by atoms with Crippen molar-refractivity contribution in [1.82, 2.24) is 15.0 Å². The highest BCUT2D eigenvalue weighted by molar-refractivity contribution is 7.22. The summed E-state index contributed by atoms with van der Waals surface area (Å²) in [5.74, 6) is 0. The van der Waals surface area contributed by atoms with Crippen LogP contribution >= 0.6 is 11.3 Å². The molecule has 0 amide bonds. The molecule has 1 aliphatic carbocycles. The average Bonchev–Trinajstić information content (AvgIpc) is 2.88. The van der Waals surface area contributed by atoms with Crippen LogP contribution < -0.4 is 10.9 Å². The molecule has 0 saturated heterocycles. The van der Waals surface area contributed by atoms with Crippen molar-refractivity contribution in [3.8, 4) is 0 Å². The Morgan fingerprint density at radius 2 is 2.25 bits per heavy atom. The van der Waals surface area contributed by atoms with Gasteiger partial charge in [0.15, 0.2) is 10.8 Å². The number of nitrogens with zero attached hydrogens (tertiary/aromatic N) is 2. The standard InChI is InChI=1S/C10H12N4OS/c15-9-7-8(11-5-12-9)14-10(16-7)13-6-3-1-2-4-6/h5-6H,1-4H2,(H2,11,12,13,14,15). The molecule has 0 aromatic carbocycles. The summed E-state index contributed by atoms with van der Waals surface area (Å²) in [4.78, 5) is 22.4. The number of hydrogen-bond acceptors (Lipinski definition) is 5. The number of hydrogen-bond donors (Lipinski definition) is 2. The van der Waals surface area contributed by atoms with Crippen molar-refractivity contribution >= 4 is 26.8 Å². The summed E-state index contributed by atoms with van der Waals surface area (Å²) in [6, 6.07) is 0.514. The number of aromatic nitrogens is 3. The number of anilines is 1. The van der Waals surface area contributed by atoms with Crippen LogP contribution in [-0.4, -0.2) is 21.0 Å². The van der Waals surface area contributed by atoms with Crippen molar-refractivity contribution in [3.63, 3.8) is 0 Å². The number of H-pyrrole nitrogens is 1. The van der Waals surface area contributed by atoms with Crippen LogP contribution in [-0.2, 0) is 0 Å². The second-order valence-electron chi connectivity index (χ2n) is 4.03. The summed E-state index contributed by atoms with van der Waals surface area (Å²) in [7, 11) is 0. The predicted octanol–water partition coefficient (Wildman–Crippen LogP) is 1.73. The summed E-state index contributed by atoms with van der Waals surface area (Å²) in [5.41, 5.74) is 0.427. The van der Waals surface area contributed by atoms with Crippen LogP contribution in [0.2, 0.25) is 0 Å². The molecule has 1 saturated carbocycles. The van der Waals surface area contributed by atoms with Gasteiger partial charge >= 0.3 is 0 Å². The van der Waals surface area contributed by atoms with Gasteiger partial charge in [-0.25, -0.2) is 4.98 Å². The zero-order valence-corrected chi connectivity index (χ0v) is 9.51. The normalized spacial score (nSPS) is 17.0. The molecule has 2 N–H and O–H groups in total. The third-order valence-electron chi connectivity index (χ3n) is 2.88. The maximum absolute atomic E-state index is 11.5. The Morgan fingerprint density at radius 1 is 1.44 bits per heavy atom. The molecule has 0 unspecified atom stereocenters. The quantitative estimate of drug-likeness (QED) is 0.833. The first-order chi connectivity index (χ1) is 7.83. The van der Waals surface area contributed by atoms with Crippen molar-refractivity contribution in [2.75, 3.05) is 5.32 Å². The lowest BCUT2D eigenvalue weighted by atomic mass is 10.3. The zero-order valence-electron chi connectivity index (χ0n) is 8.69. The fourth-order valence-corrected chi connectivity index (χ4v) is 2.96. The number of rotatable bonds is 2. The van der Waals surface area contributed by atoms with E-state index < -0.39 is 0 Å². The van der Waals surface area contributed by atoms with Crippen LogP contribution in [0.25, 0.3) is 10.3 Å². The molecular weight excluding hydrogens is 224 g/mol. The lowest BCUT2D eigenvalue weighted by molar-refractivity contribution is 0.754. The Kier molecular flexibility index (Phi) is 2.36. The van der Waals surface area contributed by atoms with E-state index in [-0.39, 0.29) is 5.56 Å². The molecule has 0 spiro atoms. The first kappa shape index (κ1) is 9.77. The highest BCUT2D eigenvalue weighted by Crippen LogP contribution is 2.26. The third kappa shape index (κ3) is 1.69. The molecule has 1 fully saturated rings. The smallest absolute Gasteiger partial charge is 0.270 e. The van der Waals surface area contributed by atoms with Gasteiger partial charge in [0.2, 0.25) is 0 Å². The van der Waals surface area contributed by atoms with Crippen molar-refractivity contribution in [3.05, 3.63) is 16.7 Å². The second-order valence-corrected chi connectivity index (χ2v) is 5.03. The van der Waals surface area contributed by atoms with Gasteiger partial charge in [-0.3, -0.25) is 4.79 Å². The van der Waals surface area contributed by atoms with E-state index in [2.05, 4.69) is 20.3 Å². The van der Waals surface area contributed by atoms with Crippen molar-refractivity contribution in [2.45, 2.75) is 31.7 Å². The van der Waals surface area contributed by atoms with E-state index in [1.54, 1.807) is 0 Å². The van der Waals surface area contributed by atoms with E-state index in [1.807, 2.05) is 0 Å². The summed E-state index contributed by atoms with van der Waals surface area (Å²) in [6.45, 7) is 0. The van der Waals surface area contributed by atoms with Gasteiger partial charge in [0.1, 0.15) is 4.70 Å². The topological polar surface area (TPSA) is 70.7 Å². The summed E-state index contributed by atoms with van der Waals surface area (Å²) < 4.78 is 0.600. The summed E-state index contributed by atoms with van der Waals surface area (Å²) in [6.07, 6.45) is 6.34. The minimum atomic E-state index is -0.109. The van der Waals surface area contributed by atoms with Crippen molar-refractivity contribution in [2.24, 2.45) is 0 Å². The SMILES string of the molecule is O=c1[nH]cnc2nc(NC3CCCC3)sc12. The molecule has 0 bridgehead atoms. The third-order valence-corrected chi connectivity index (χ3v) is 3.86. The van der Waals surface area contributed by atoms with Crippen LogP contribution in [0, 0.1) is 0 Å². The van der Waals surface area contributed by atoms with Gasteiger partial charge in [0, 0.05) is 6.04 Å². The number of nitrogens with one attached hydrogen (secondary N) is 2. The lowest BCUT2D eigenvalue weighted by Crippen LogP contribution is -2.13. The lowest BCUT2D eigenvalue weighted by Gasteiger charge is -2.08. The van der Waals surface area contributed by atoms with Gasteiger partial charge in [-0.15, -0.1) is 0 Å². The molecule has 16 heavy (non-hydrogen) atoms. The molecule has 84 valence electrons. The molecule has 2 aromatic rings. The second kappa shape index (κ2) is 3.86. The summed E-state index contributed by atoms with van der Waals surface area (Å²) in [5, 5.41) is 4.18. The van der Waals surface area contributed by atoms with Gasteiger partial charge in [-0.05, 0) is 12.8 Å². The van der Waals surface area contributed by atoms with Gasteiger partial charge in [0.05, 0.1) is 6.33 Å². The molecule has 2 heterocycles. The Labute approximate surface area is 95.9 Å². The maximum Gasteiger partial charge on any atom is 0.270 e. The van der Waals surface area contributed by atoms with E-state index in [0.29, 0.717) is 16.4 Å². The Bertz CT molecular complexity index is 555. The first-order valence-corrected chi connectivity index (χ1v) is 6.25. The van der Waals surface area contributed by atoms with E-state index in [0.717, 1.165) is 5.13 Å². The summed E-state index contributed by atoms with van der Waals surface area (Å²) >= 11 is 1.38. The minimum Gasteiger partial charge on any atom is -0.359 e. The van der Waals surface area contributed by atoms with E-state index in [4.69, 9.17) is 0 Å². The van der Waals surface area contributed by atoms with E-state index in [9.17, 15) is 4.79 Å². The van der Waals surface area contributed by atoms with Gasteiger partial charge < -0.3 is 10.3 Å². The van der Waals surface area contributed by atoms with Crippen LogP contribution in [0.15, 0.2) is 11.1 Å². The van der Waals surface area contributed by atoms with Crippen molar-refractivity contribution < 1.29 is 0 Å². The monoisotopic (exact) mass is 236 g/mol. The Balaban J connectivity index is 1.93. The largest absolute Gasteiger partial charge is 0.359 e. The maximum atomic E-state index is 11.5. The number of fused-ring (bicyclic) bond motifs is 1. The zero-order chi connectivity index (χ0) is 11.0. The Hall–Kier alpha value is -1.43. The van der Waals surface area contributed by atoms with Gasteiger partial charge in [0.25, 0.3) is 5.56 Å². The molecule has 0 atom stereocenters. The molecule has 0 radical (unpaired) electrons. The predicted molar refractivity (Wildman–Crippen MR) is 63.9 cm³/mol. The van der Waals surface area contributed by atoms with Crippen LogP contribution in [0.1, 0.15) is 25.7 Å². The average molecular weight is 236 g/mol. The van der Waals surface area contributed by atoms with Crippen LogP contribution in [0.5, 0.6) is 0 Å². The highest BCUT2D eigenvalue weighted by atomic mass is 32.1. The van der Waals surface area contributed by atoms with Gasteiger partial charge in [-0.1, -0.05) is 24.2 Å². The molecular formula is C10H12N4OS. The first-order valence-electron chi connectivity index (χ1n) is 5.44. The molecule has 2 aromatic heterocycles. The van der Waals surface area contributed by atoms with Crippen LogP contribution in [0.3, 0.4) is 0 Å². The highest BCUT2D eigenvalue weighted by Gasteiger charge is 2.16. The molecule has 6 heteroatoms. The molecule has 0 aliphatic heterocycles. The molecule has 5 nitrogen and oxygen atoms in total. The van der Waals surface area contributed by atoms with Gasteiger partial charge in [-0.2, -0.15) is 4.98 Å². The fraction of sp³-hybridized carbons (Fsp3) is 0.500. The fourth-order valence-electron chi connectivity index (χ4n) is 2.07. The Morgan fingerprint density at radius 3 is 3.00 bits per heavy atom. The van der Waals surface area contributed by atoms with E-state index >= 15 is 0 Å². The van der Waals surface area contributed by atoms with E-state index in [1.165, 1.54) is 43.3 Å². The molecule has 1 aliphatic rings. The molecule has 3 rings (SSSR count). The van der Waals surface area contributed by atoms with Crippen molar-refractivity contribution in [1.29, 1.82) is 0 Å².